The van der Waals surface area contributed by atoms with Crippen molar-refractivity contribution >= 4 is 33.1 Å². The van der Waals surface area contributed by atoms with E-state index in [1.54, 1.807) is 11.3 Å². The minimum Gasteiger partial charge on any atom is -0.334 e. The first-order valence-electron chi connectivity index (χ1n) is 9.77. The van der Waals surface area contributed by atoms with Crippen molar-refractivity contribution in [2.75, 3.05) is 5.32 Å². The Labute approximate surface area is 182 Å². The van der Waals surface area contributed by atoms with E-state index in [1.165, 1.54) is 6.92 Å². The maximum absolute atomic E-state index is 11.5. The van der Waals surface area contributed by atoms with Crippen molar-refractivity contribution < 1.29 is 9.32 Å². The number of hydrogen-bond acceptors (Lipinski definition) is 6. The molecule has 1 amide bonds. The number of aryl methyl sites for hydroxylation is 2. The number of carbonyl (C=O) groups excluding carboxylic acids is 1. The number of carbonyl (C=O) groups is 1. The lowest BCUT2D eigenvalue weighted by molar-refractivity contribution is -0.114. The zero-order valence-corrected chi connectivity index (χ0v) is 18.0. The topological polar surface area (TPSA) is 85.8 Å². The molecular formula is C23H19N5O2S. The molecule has 5 rings (SSSR count). The maximum Gasteiger partial charge on any atom is 0.258 e. The lowest BCUT2D eigenvalue weighted by atomic mass is 10.1. The average molecular weight is 430 g/mol. The molecule has 3 heterocycles. The number of aromatic nitrogens is 4. The largest absolute Gasteiger partial charge is 0.334 e. The van der Waals surface area contributed by atoms with Crippen LogP contribution in [0.5, 0.6) is 0 Å². The predicted octanol–water partition coefficient (Wildman–Crippen LogP) is 5.38. The summed E-state index contributed by atoms with van der Waals surface area (Å²) in [7, 11) is 0. The van der Waals surface area contributed by atoms with Crippen molar-refractivity contribution in [3.63, 3.8) is 0 Å². The van der Waals surface area contributed by atoms with Crippen LogP contribution < -0.4 is 5.32 Å². The van der Waals surface area contributed by atoms with E-state index < -0.39 is 0 Å². The quantitative estimate of drug-likeness (QED) is 0.415. The van der Waals surface area contributed by atoms with Crippen LogP contribution in [-0.2, 0) is 4.79 Å². The molecule has 3 aromatic heterocycles. The van der Waals surface area contributed by atoms with Gasteiger partial charge in [0.1, 0.15) is 4.83 Å². The Bertz CT molecular complexity index is 1410. The van der Waals surface area contributed by atoms with Crippen LogP contribution in [0.15, 0.2) is 59.1 Å². The summed E-state index contributed by atoms with van der Waals surface area (Å²) >= 11 is 1.57. The number of thiophene rings is 1. The second-order valence-corrected chi connectivity index (χ2v) is 8.33. The van der Waals surface area contributed by atoms with Crippen LogP contribution in [0.2, 0.25) is 0 Å². The van der Waals surface area contributed by atoms with Gasteiger partial charge in [-0.3, -0.25) is 4.79 Å². The van der Waals surface area contributed by atoms with Crippen molar-refractivity contribution in [2.24, 2.45) is 0 Å². The zero-order valence-electron chi connectivity index (χ0n) is 17.2. The van der Waals surface area contributed by atoms with Gasteiger partial charge in [-0.15, -0.1) is 11.3 Å². The van der Waals surface area contributed by atoms with Gasteiger partial charge in [0.05, 0.1) is 16.3 Å². The van der Waals surface area contributed by atoms with Crippen molar-refractivity contribution in [3.8, 4) is 27.8 Å². The van der Waals surface area contributed by atoms with Crippen molar-refractivity contribution in [2.45, 2.75) is 20.8 Å². The first-order chi connectivity index (χ1) is 15.0. The molecular weight excluding hydrogens is 410 g/mol. The summed E-state index contributed by atoms with van der Waals surface area (Å²) in [4.78, 5) is 18.0. The molecule has 5 aromatic rings. The highest BCUT2D eigenvalue weighted by Gasteiger charge is 2.18. The average Bonchev–Trinajstić information content (AvgIpc) is 3.46. The van der Waals surface area contributed by atoms with Crippen LogP contribution in [0.4, 0.5) is 5.69 Å². The van der Waals surface area contributed by atoms with Gasteiger partial charge < -0.3 is 9.84 Å². The number of nitrogens with one attached hydrogen (secondary N) is 1. The molecule has 31 heavy (non-hydrogen) atoms. The predicted molar refractivity (Wildman–Crippen MR) is 121 cm³/mol. The van der Waals surface area contributed by atoms with Crippen molar-refractivity contribution in [1.82, 2.24) is 19.9 Å². The molecule has 8 heteroatoms. The molecule has 0 aliphatic heterocycles. The van der Waals surface area contributed by atoms with Gasteiger partial charge >= 0.3 is 0 Å². The van der Waals surface area contributed by atoms with Gasteiger partial charge in [-0.1, -0.05) is 29.4 Å². The fourth-order valence-corrected chi connectivity index (χ4v) is 4.53. The van der Waals surface area contributed by atoms with Gasteiger partial charge in [0.2, 0.25) is 11.7 Å². The summed E-state index contributed by atoms with van der Waals surface area (Å²) in [5.41, 5.74) is 4.40. The summed E-state index contributed by atoms with van der Waals surface area (Å²) in [5.74, 6) is 0.803. The molecule has 0 aliphatic carbocycles. The van der Waals surface area contributed by atoms with Crippen molar-refractivity contribution in [3.05, 3.63) is 65.9 Å². The molecule has 0 saturated heterocycles. The number of amides is 1. The van der Waals surface area contributed by atoms with E-state index in [1.807, 2.05) is 73.1 Å². The first kappa shape index (κ1) is 19.2. The molecule has 0 atom stereocenters. The fraction of sp³-hybridized carbons (Fsp3) is 0.130. The lowest BCUT2D eigenvalue weighted by Gasteiger charge is -2.07. The highest BCUT2D eigenvalue weighted by atomic mass is 32.1. The maximum atomic E-state index is 11.5. The number of hydrogen-bond donors (Lipinski definition) is 1. The monoisotopic (exact) mass is 429 g/mol. The van der Waals surface area contributed by atoms with Gasteiger partial charge in [-0.05, 0) is 49.7 Å². The second kappa shape index (κ2) is 7.48. The van der Waals surface area contributed by atoms with Gasteiger partial charge in [0.25, 0.3) is 5.89 Å². The van der Waals surface area contributed by atoms with E-state index in [-0.39, 0.29) is 5.91 Å². The first-order valence-corrected chi connectivity index (χ1v) is 10.6. The second-order valence-electron chi connectivity index (χ2n) is 7.30. The number of rotatable bonds is 4. The minimum atomic E-state index is -0.125. The third-order valence-corrected chi connectivity index (χ3v) is 6.09. The Kier molecular flexibility index (Phi) is 4.63. The van der Waals surface area contributed by atoms with E-state index in [4.69, 9.17) is 4.52 Å². The lowest BCUT2D eigenvalue weighted by Crippen LogP contribution is -2.07. The normalized spacial score (nSPS) is 11.2. The fourth-order valence-electron chi connectivity index (χ4n) is 3.42. The molecule has 2 aromatic carbocycles. The number of benzene rings is 2. The van der Waals surface area contributed by atoms with Gasteiger partial charge in [-0.2, -0.15) is 10.1 Å². The number of nitrogens with zero attached hydrogens (tertiary/aromatic N) is 4. The van der Waals surface area contributed by atoms with Crippen LogP contribution >= 0.6 is 11.3 Å². The smallest absolute Gasteiger partial charge is 0.258 e. The number of para-hydroxylation sites is 1. The minimum absolute atomic E-state index is 0.125. The molecule has 0 radical (unpaired) electrons. The van der Waals surface area contributed by atoms with E-state index in [2.05, 4.69) is 20.6 Å². The Balaban J connectivity index is 1.53. The highest BCUT2D eigenvalue weighted by Crippen LogP contribution is 2.36. The highest BCUT2D eigenvalue weighted by molar-refractivity contribution is 7.21. The molecule has 154 valence electrons. The SMILES string of the molecule is CC(=O)Nc1cc(-c2nc(-c3cc4c(C)nn(-c5ccccc5)c4s3)no2)ccc1C. The van der Waals surface area contributed by atoms with E-state index in [0.717, 1.165) is 43.3 Å². The Morgan fingerprint density at radius 2 is 1.90 bits per heavy atom. The number of fused-ring (bicyclic) bond motifs is 1. The van der Waals surface area contributed by atoms with Crippen LogP contribution in [0.3, 0.4) is 0 Å². The van der Waals surface area contributed by atoms with E-state index in [9.17, 15) is 4.79 Å². The Hall–Kier alpha value is -3.78. The van der Waals surface area contributed by atoms with Crippen LogP contribution in [0.1, 0.15) is 18.2 Å². The van der Waals surface area contributed by atoms with Gasteiger partial charge in [0, 0.05) is 23.6 Å². The molecule has 7 nitrogen and oxygen atoms in total. The van der Waals surface area contributed by atoms with E-state index in [0.29, 0.717) is 11.7 Å². The van der Waals surface area contributed by atoms with Gasteiger partial charge in [-0.25, -0.2) is 4.68 Å². The zero-order chi connectivity index (χ0) is 21.5. The Morgan fingerprint density at radius 1 is 1.10 bits per heavy atom. The molecule has 0 bridgehead atoms. The third-order valence-electron chi connectivity index (χ3n) is 4.99. The van der Waals surface area contributed by atoms with Crippen LogP contribution in [0.25, 0.3) is 38.1 Å². The standard InChI is InChI=1S/C23H19N5O2S/c1-13-9-10-16(11-19(13)24-15(3)29)22-25-21(27-30-22)20-12-18-14(2)26-28(23(18)31-20)17-7-5-4-6-8-17/h4-12H,1-3H3,(H,24,29). The summed E-state index contributed by atoms with van der Waals surface area (Å²) < 4.78 is 7.48. The van der Waals surface area contributed by atoms with Gasteiger partial charge in [0.15, 0.2) is 0 Å². The molecule has 0 saturated carbocycles. The number of anilines is 1. The molecule has 0 aliphatic rings. The van der Waals surface area contributed by atoms with Crippen molar-refractivity contribution in [1.29, 1.82) is 0 Å². The summed E-state index contributed by atoms with van der Waals surface area (Å²) in [6.07, 6.45) is 0. The summed E-state index contributed by atoms with van der Waals surface area (Å²) in [5, 5.41) is 12.8. The molecule has 0 spiro atoms. The summed E-state index contributed by atoms with van der Waals surface area (Å²) in [6, 6.07) is 17.8. The molecule has 0 unspecified atom stereocenters. The molecule has 0 fully saturated rings. The Morgan fingerprint density at radius 3 is 2.68 bits per heavy atom. The van der Waals surface area contributed by atoms with Crippen LogP contribution in [0, 0.1) is 13.8 Å². The third kappa shape index (κ3) is 3.51. The van der Waals surface area contributed by atoms with E-state index >= 15 is 0 Å². The summed E-state index contributed by atoms with van der Waals surface area (Å²) in [6.45, 7) is 5.41. The van der Waals surface area contributed by atoms with Crippen LogP contribution in [-0.4, -0.2) is 25.8 Å². The molecule has 1 N–H and O–H groups in total.